The molecule has 2 N–H and O–H groups in total. The van der Waals surface area contributed by atoms with Gasteiger partial charge in [0.05, 0.1) is 14.2 Å². The number of hydrogen-bond donors (Lipinski definition) is 2. The molecule has 0 unspecified atom stereocenters. The minimum Gasteiger partial charge on any atom is -0.481 e. The molecule has 2 aromatic rings. The van der Waals surface area contributed by atoms with Gasteiger partial charge in [-0.3, -0.25) is 9.59 Å². The van der Waals surface area contributed by atoms with Crippen LogP contribution in [0.1, 0.15) is 18.1 Å². The number of methoxy groups -OCH3 is 2. The van der Waals surface area contributed by atoms with E-state index in [2.05, 4.69) is 15.6 Å². The fourth-order valence-corrected chi connectivity index (χ4v) is 2.90. The van der Waals surface area contributed by atoms with E-state index in [9.17, 15) is 18.8 Å². The van der Waals surface area contributed by atoms with Crippen molar-refractivity contribution in [1.29, 1.82) is 0 Å². The summed E-state index contributed by atoms with van der Waals surface area (Å²) < 4.78 is 23.1. The molecular formula is C21H24FN3O5. The van der Waals surface area contributed by atoms with Crippen molar-refractivity contribution in [2.45, 2.75) is 31.8 Å². The Morgan fingerprint density at radius 2 is 1.73 bits per heavy atom. The number of halogens is 1. The van der Waals surface area contributed by atoms with Crippen molar-refractivity contribution in [1.82, 2.24) is 15.6 Å². The number of benzene rings is 1. The molecule has 1 heterocycles. The fraction of sp³-hybridized carbons (Fsp3) is 0.333. The highest BCUT2D eigenvalue weighted by molar-refractivity contribution is 5.90. The quantitative estimate of drug-likeness (QED) is 0.594. The summed E-state index contributed by atoms with van der Waals surface area (Å²) in [6.45, 7) is 1.28. The molecule has 0 radical (unpaired) electrons. The van der Waals surface area contributed by atoms with Crippen LogP contribution in [0.5, 0.6) is 5.88 Å². The van der Waals surface area contributed by atoms with E-state index >= 15 is 0 Å². The number of rotatable bonds is 9. The van der Waals surface area contributed by atoms with Crippen molar-refractivity contribution < 1.29 is 28.2 Å². The number of hydrogen-bond acceptors (Lipinski definition) is 6. The number of nitrogens with one attached hydrogen (secondary N) is 2. The van der Waals surface area contributed by atoms with Crippen LogP contribution in [0.2, 0.25) is 0 Å². The van der Waals surface area contributed by atoms with E-state index in [0.717, 1.165) is 0 Å². The van der Waals surface area contributed by atoms with Gasteiger partial charge in [-0.05, 0) is 23.8 Å². The third kappa shape index (κ3) is 6.54. The molecule has 0 aliphatic carbocycles. The first-order valence-corrected chi connectivity index (χ1v) is 9.21. The van der Waals surface area contributed by atoms with E-state index in [4.69, 9.17) is 9.47 Å². The lowest BCUT2D eigenvalue weighted by atomic mass is 10.0. The van der Waals surface area contributed by atoms with Crippen molar-refractivity contribution in [3.8, 4) is 5.88 Å². The van der Waals surface area contributed by atoms with Crippen LogP contribution in [-0.2, 0) is 32.0 Å². The second kappa shape index (κ2) is 10.9. The van der Waals surface area contributed by atoms with Gasteiger partial charge in [0.15, 0.2) is 0 Å². The van der Waals surface area contributed by atoms with Crippen LogP contribution >= 0.6 is 0 Å². The maximum Gasteiger partial charge on any atom is 0.328 e. The van der Waals surface area contributed by atoms with Crippen LogP contribution in [0.25, 0.3) is 0 Å². The Bertz CT molecular complexity index is 888. The van der Waals surface area contributed by atoms with E-state index in [-0.39, 0.29) is 12.8 Å². The van der Waals surface area contributed by atoms with Crippen molar-refractivity contribution in [3.05, 3.63) is 59.5 Å². The van der Waals surface area contributed by atoms with Crippen LogP contribution in [-0.4, -0.2) is 49.1 Å². The second-order valence-electron chi connectivity index (χ2n) is 6.54. The van der Waals surface area contributed by atoms with Gasteiger partial charge in [0.25, 0.3) is 0 Å². The van der Waals surface area contributed by atoms with Crippen molar-refractivity contribution in [2.75, 3.05) is 14.2 Å². The number of carbonyl (C=O) groups is 3. The average molecular weight is 417 g/mol. The Morgan fingerprint density at radius 3 is 2.33 bits per heavy atom. The predicted molar refractivity (Wildman–Crippen MR) is 106 cm³/mol. The number of pyridine rings is 1. The molecule has 2 rings (SSSR count). The third-order valence-electron chi connectivity index (χ3n) is 4.32. The molecule has 1 aromatic carbocycles. The lowest BCUT2D eigenvalue weighted by Crippen LogP contribution is -2.53. The summed E-state index contributed by atoms with van der Waals surface area (Å²) in [5, 5.41) is 5.18. The lowest BCUT2D eigenvalue weighted by molar-refractivity contribution is -0.145. The molecule has 160 valence electrons. The summed E-state index contributed by atoms with van der Waals surface area (Å²) in [5.41, 5.74) is 1.25. The molecule has 8 nitrogen and oxygen atoms in total. The minimum atomic E-state index is -1.02. The Balaban J connectivity index is 2.19. The SMILES string of the molecule is COC(=O)[C@@H](Cc1cccnc1OC)NC(=O)[C@@H](Cc1ccc(F)cc1)NC(C)=O. The molecule has 0 bridgehead atoms. The first-order chi connectivity index (χ1) is 14.3. The van der Waals surface area contributed by atoms with Gasteiger partial charge in [0.2, 0.25) is 17.7 Å². The van der Waals surface area contributed by atoms with Gasteiger partial charge in [0.1, 0.15) is 17.9 Å². The summed E-state index contributed by atoms with van der Waals surface area (Å²) in [6, 6.07) is 7.00. The number of amides is 2. The number of nitrogens with zero attached hydrogens (tertiary/aromatic N) is 1. The first-order valence-electron chi connectivity index (χ1n) is 9.21. The predicted octanol–water partition coefficient (Wildman–Crippen LogP) is 1.18. The Morgan fingerprint density at radius 1 is 1.03 bits per heavy atom. The van der Waals surface area contributed by atoms with Gasteiger partial charge in [-0.1, -0.05) is 18.2 Å². The van der Waals surface area contributed by atoms with E-state index in [1.165, 1.54) is 45.4 Å². The van der Waals surface area contributed by atoms with Crippen LogP contribution < -0.4 is 15.4 Å². The Kier molecular flexibility index (Phi) is 8.28. The maximum absolute atomic E-state index is 13.1. The zero-order valence-corrected chi connectivity index (χ0v) is 17.0. The highest BCUT2D eigenvalue weighted by Crippen LogP contribution is 2.16. The van der Waals surface area contributed by atoms with Gasteiger partial charge in [0, 0.05) is 31.5 Å². The molecule has 0 spiro atoms. The van der Waals surface area contributed by atoms with Crippen LogP contribution in [0.3, 0.4) is 0 Å². The molecular weight excluding hydrogens is 393 g/mol. The maximum atomic E-state index is 13.1. The van der Waals surface area contributed by atoms with Crippen molar-refractivity contribution in [2.24, 2.45) is 0 Å². The topological polar surface area (TPSA) is 107 Å². The first kappa shape index (κ1) is 22.8. The number of esters is 1. The lowest BCUT2D eigenvalue weighted by Gasteiger charge is -2.22. The van der Waals surface area contributed by atoms with Gasteiger partial charge in [-0.25, -0.2) is 14.2 Å². The van der Waals surface area contributed by atoms with E-state index in [1.54, 1.807) is 18.3 Å². The summed E-state index contributed by atoms with van der Waals surface area (Å²) >= 11 is 0. The van der Waals surface area contributed by atoms with E-state index in [0.29, 0.717) is 17.0 Å². The smallest absolute Gasteiger partial charge is 0.328 e. The number of carbonyl (C=O) groups excluding carboxylic acids is 3. The van der Waals surface area contributed by atoms with E-state index < -0.39 is 35.7 Å². The van der Waals surface area contributed by atoms with Crippen LogP contribution in [0, 0.1) is 5.82 Å². The molecule has 0 aliphatic rings. The molecule has 0 saturated carbocycles. The van der Waals surface area contributed by atoms with Gasteiger partial charge in [-0.15, -0.1) is 0 Å². The zero-order chi connectivity index (χ0) is 22.1. The molecule has 30 heavy (non-hydrogen) atoms. The summed E-state index contributed by atoms with van der Waals surface area (Å²) in [6.07, 6.45) is 1.75. The van der Waals surface area contributed by atoms with Crippen LogP contribution in [0.15, 0.2) is 42.6 Å². The Labute approximate surface area is 173 Å². The van der Waals surface area contributed by atoms with Crippen molar-refractivity contribution >= 4 is 17.8 Å². The second-order valence-corrected chi connectivity index (χ2v) is 6.54. The summed E-state index contributed by atoms with van der Waals surface area (Å²) in [4.78, 5) is 40.8. The highest BCUT2D eigenvalue weighted by Gasteiger charge is 2.28. The van der Waals surface area contributed by atoms with Crippen molar-refractivity contribution in [3.63, 3.8) is 0 Å². The third-order valence-corrected chi connectivity index (χ3v) is 4.32. The summed E-state index contributed by atoms with van der Waals surface area (Å²) in [5.74, 6) is -1.73. The number of ether oxygens (including phenoxy) is 2. The molecule has 2 amide bonds. The van der Waals surface area contributed by atoms with E-state index in [1.807, 2.05) is 0 Å². The highest BCUT2D eigenvalue weighted by atomic mass is 19.1. The van der Waals surface area contributed by atoms with Crippen LogP contribution in [0.4, 0.5) is 4.39 Å². The van der Waals surface area contributed by atoms with Gasteiger partial charge >= 0.3 is 5.97 Å². The molecule has 0 saturated heterocycles. The average Bonchev–Trinajstić information content (AvgIpc) is 2.73. The fourth-order valence-electron chi connectivity index (χ4n) is 2.90. The van der Waals surface area contributed by atoms with Gasteiger partial charge < -0.3 is 20.1 Å². The zero-order valence-electron chi connectivity index (χ0n) is 17.0. The van der Waals surface area contributed by atoms with Gasteiger partial charge in [-0.2, -0.15) is 0 Å². The molecule has 9 heteroatoms. The minimum absolute atomic E-state index is 0.0821. The normalized spacial score (nSPS) is 12.4. The summed E-state index contributed by atoms with van der Waals surface area (Å²) in [7, 11) is 2.67. The molecule has 2 atom stereocenters. The standard InChI is InChI=1S/C21H24FN3O5/c1-13(26)24-17(11-14-6-8-16(22)9-7-14)19(27)25-18(21(28)30-3)12-15-5-4-10-23-20(15)29-2/h4-10,17-18H,11-12H2,1-3H3,(H,24,26)(H,25,27)/t17-,18-/m1/s1. The molecule has 0 aliphatic heterocycles. The Hall–Kier alpha value is -3.49. The molecule has 0 fully saturated rings. The molecule has 1 aromatic heterocycles. The largest absolute Gasteiger partial charge is 0.481 e. The number of aromatic nitrogens is 1. The monoisotopic (exact) mass is 417 g/mol.